The molecule has 0 aliphatic rings. The SMILES string of the molecule is COC(C)C(=O)NC(CC(=O)O)c1cccc(Br)c1. The van der Waals surface area contributed by atoms with E-state index < -0.39 is 18.1 Å². The molecule has 1 aromatic carbocycles. The van der Waals surface area contributed by atoms with Gasteiger partial charge < -0.3 is 15.2 Å². The molecule has 0 aliphatic heterocycles. The van der Waals surface area contributed by atoms with E-state index in [2.05, 4.69) is 21.2 Å². The quantitative estimate of drug-likeness (QED) is 0.838. The third-order valence-electron chi connectivity index (χ3n) is 2.67. The van der Waals surface area contributed by atoms with Gasteiger partial charge in [0.15, 0.2) is 0 Å². The Labute approximate surface area is 120 Å². The summed E-state index contributed by atoms with van der Waals surface area (Å²) in [6.07, 6.45) is -0.804. The molecule has 0 radical (unpaired) electrons. The molecule has 2 atom stereocenters. The number of halogens is 1. The molecule has 19 heavy (non-hydrogen) atoms. The van der Waals surface area contributed by atoms with Crippen molar-refractivity contribution in [2.24, 2.45) is 0 Å². The lowest BCUT2D eigenvalue weighted by Crippen LogP contribution is -2.37. The number of ether oxygens (including phenoxy) is 1. The topological polar surface area (TPSA) is 75.6 Å². The van der Waals surface area contributed by atoms with Crippen molar-refractivity contribution in [3.8, 4) is 0 Å². The third-order valence-corrected chi connectivity index (χ3v) is 3.16. The Kier molecular flexibility index (Phi) is 5.98. The minimum atomic E-state index is -0.977. The monoisotopic (exact) mass is 329 g/mol. The molecule has 6 heteroatoms. The number of carboxylic acid groups (broad SMARTS) is 1. The summed E-state index contributed by atoms with van der Waals surface area (Å²) >= 11 is 3.32. The molecule has 0 bridgehead atoms. The zero-order chi connectivity index (χ0) is 14.4. The molecule has 1 rings (SSSR count). The van der Waals surface area contributed by atoms with E-state index >= 15 is 0 Å². The van der Waals surface area contributed by atoms with Gasteiger partial charge >= 0.3 is 5.97 Å². The van der Waals surface area contributed by atoms with Crippen molar-refractivity contribution in [1.29, 1.82) is 0 Å². The van der Waals surface area contributed by atoms with Gasteiger partial charge in [-0.15, -0.1) is 0 Å². The molecular formula is C13H16BrNO4. The molecule has 5 nitrogen and oxygen atoms in total. The van der Waals surface area contributed by atoms with Gasteiger partial charge in [-0.05, 0) is 24.6 Å². The standard InChI is InChI=1S/C13H16BrNO4/c1-8(19-2)13(18)15-11(7-12(16)17)9-4-3-5-10(14)6-9/h3-6,8,11H,7H2,1-2H3,(H,15,18)(H,16,17). The first-order valence-corrected chi connectivity index (χ1v) is 6.53. The molecule has 1 aromatic rings. The molecule has 2 N–H and O–H groups in total. The van der Waals surface area contributed by atoms with Gasteiger partial charge in [-0.3, -0.25) is 9.59 Å². The van der Waals surface area contributed by atoms with Crippen LogP contribution in [0.5, 0.6) is 0 Å². The van der Waals surface area contributed by atoms with Crippen molar-refractivity contribution in [2.45, 2.75) is 25.5 Å². The lowest BCUT2D eigenvalue weighted by molar-refractivity contribution is -0.138. The summed E-state index contributed by atoms with van der Waals surface area (Å²) in [4.78, 5) is 22.7. The number of aliphatic carboxylic acids is 1. The van der Waals surface area contributed by atoms with Gasteiger partial charge in [0.25, 0.3) is 0 Å². The first kappa shape index (κ1) is 15.7. The van der Waals surface area contributed by atoms with Crippen LogP contribution in [0.25, 0.3) is 0 Å². The van der Waals surface area contributed by atoms with Crippen LogP contribution in [0.15, 0.2) is 28.7 Å². The fraction of sp³-hybridized carbons (Fsp3) is 0.385. The predicted octanol–water partition coefficient (Wildman–Crippen LogP) is 2.12. The minimum Gasteiger partial charge on any atom is -0.481 e. The summed E-state index contributed by atoms with van der Waals surface area (Å²) in [7, 11) is 1.43. The van der Waals surface area contributed by atoms with Gasteiger partial charge in [0.05, 0.1) is 12.5 Å². The van der Waals surface area contributed by atoms with E-state index in [0.29, 0.717) is 0 Å². The van der Waals surface area contributed by atoms with Crippen LogP contribution in [-0.2, 0) is 14.3 Å². The maximum Gasteiger partial charge on any atom is 0.305 e. The fourth-order valence-corrected chi connectivity index (χ4v) is 1.96. The Morgan fingerprint density at radius 1 is 1.47 bits per heavy atom. The Morgan fingerprint density at radius 3 is 2.68 bits per heavy atom. The maximum atomic E-state index is 11.8. The Bertz CT molecular complexity index is 464. The Hall–Kier alpha value is -1.40. The number of carbonyl (C=O) groups is 2. The first-order chi connectivity index (χ1) is 8.93. The molecule has 0 heterocycles. The summed E-state index contributed by atoms with van der Waals surface area (Å²) < 4.78 is 5.74. The second kappa shape index (κ2) is 7.25. The lowest BCUT2D eigenvalue weighted by Gasteiger charge is -2.19. The molecule has 0 spiro atoms. The van der Waals surface area contributed by atoms with Gasteiger partial charge in [-0.2, -0.15) is 0 Å². The summed E-state index contributed by atoms with van der Waals surface area (Å²) in [6, 6.07) is 6.60. The van der Waals surface area contributed by atoms with Crippen LogP contribution in [0.2, 0.25) is 0 Å². The van der Waals surface area contributed by atoms with Gasteiger partial charge in [-0.1, -0.05) is 28.1 Å². The van der Waals surface area contributed by atoms with Gasteiger partial charge in [0, 0.05) is 11.6 Å². The van der Waals surface area contributed by atoms with E-state index in [4.69, 9.17) is 9.84 Å². The van der Waals surface area contributed by atoms with E-state index in [9.17, 15) is 9.59 Å². The van der Waals surface area contributed by atoms with Crippen molar-refractivity contribution in [2.75, 3.05) is 7.11 Å². The fourth-order valence-electron chi connectivity index (χ4n) is 1.55. The Balaban J connectivity index is 2.89. The molecule has 1 amide bonds. The van der Waals surface area contributed by atoms with Crippen LogP contribution >= 0.6 is 15.9 Å². The second-order valence-corrected chi connectivity index (χ2v) is 5.01. The highest BCUT2D eigenvalue weighted by Crippen LogP contribution is 2.21. The lowest BCUT2D eigenvalue weighted by atomic mass is 10.0. The van der Waals surface area contributed by atoms with Crippen LogP contribution < -0.4 is 5.32 Å². The van der Waals surface area contributed by atoms with Crippen molar-refractivity contribution < 1.29 is 19.4 Å². The zero-order valence-corrected chi connectivity index (χ0v) is 12.3. The van der Waals surface area contributed by atoms with E-state index in [-0.39, 0.29) is 12.3 Å². The zero-order valence-electron chi connectivity index (χ0n) is 10.7. The van der Waals surface area contributed by atoms with Crippen LogP contribution in [0.3, 0.4) is 0 Å². The van der Waals surface area contributed by atoms with Gasteiger partial charge in [0.1, 0.15) is 6.10 Å². The number of nitrogens with one attached hydrogen (secondary N) is 1. The molecule has 0 saturated carbocycles. The average Bonchev–Trinajstić information content (AvgIpc) is 2.36. The van der Waals surface area contributed by atoms with Crippen molar-refractivity contribution >= 4 is 27.8 Å². The largest absolute Gasteiger partial charge is 0.481 e. The van der Waals surface area contributed by atoms with Crippen LogP contribution in [0.4, 0.5) is 0 Å². The number of hydrogen-bond acceptors (Lipinski definition) is 3. The van der Waals surface area contributed by atoms with Crippen LogP contribution in [0, 0.1) is 0 Å². The normalized spacial score (nSPS) is 13.6. The summed E-state index contributed by atoms with van der Waals surface area (Å²) in [5.74, 6) is -1.32. The van der Waals surface area contributed by atoms with Crippen molar-refractivity contribution in [3.63, 3.8) is 0 Å². The van der Waals surface area contributed by atoms with Crippen LogP contribution in [0.1, 0.15) is 24.9 Å². The molecule has 104 valence electrons. The van der Waals surface area contributed by atoms with Crippen LogP contribution in [-0.4, -0.2) is 30.2 Å². The molecule has 0 saturated heterocycles. The highest BCUT2D eigenvalue weighted by Gasteiger charge is 2.21. The number of amides is 1. The van der Waals surface area contributed by atoms with E-state index in [1.807, 2.05) is 6.07 Å². The van der Waals surface area contributed by atoms with Gasteiger partial charge in [-0.25, -0.2) is 0 Å². The molecular weight excluding hydrogens is 314 g/mol. The summed E-state index contributed by atoms with van der Waals surface area (Å²) in [5.41, 5.74) is 0.730. The molecule has 2 unspecified atom stereocenters. The summed E-state index contributed by atoms with van der Waals surface area (Å²) in [6.45, 7) is 1.61. The number of methoxy groups -OCH3 is 1. The number of rotatable bonds is 6. The average molecular weight is 330 g/mol. The smallest absolute Gasteiger partial charge is 0.305 e. The summed E-state index contributed by atoms with van der Waals surface area (Å²) in [5, 5.41) is 11.6. The van der Waals surface area contributed by atoms with E-state index in [1.165, 1.54) is 7.11 Å². The second-order valence-electron chi connectivity index (χ2n) is 4.09. The predicted molar refractivity (Wildman–Crippen MR) is 73.7 cm³/mol. The van der Waals surface area contributed by atoms with Crippen molar-refractivity contribution in [1.82, 2.24) is 5.32 Å². The number of hydrogen-bond donors (Lipinski definition) is 2. The molecule has 0 aromatic heterocycles. The van der Waals surface area contributed by atoms with E-state index in [1.54, 1.807) is 25.1 Å². The maximum absolute atomic E-state index is 11.8. The molecule has 0 aliphatic carbocycles. The number of benzene rings is 1. The first-order valence-electron chi connectivity index (χ1n) is 5.74. The number of carbonyl (C=O) groups excluding carboxylic acids is 1. The van der Waals surface area contributed by atoms with Gasteiger partial charge in [0.2, 0.25) is 5.91 Å². The Morgan fingerprint density at radius 2 is 2.16 bits per heavy atom. The highest BCUT2D eigenvalue weighted by molar-refractivity contribution is 9.10. The molecule has 0 fully saturated rings. The highest BCUT2D eigenvalue weighted by atomic mass is 79.9. The van der Waals surface area contributed by atoms with E-state index in [0.717, 1.165) is 10.0 Å². The number of carboxylic acids is 1. The minimum absolute atomic E-state index is 0.182. The van der Waals surface area contributed by atoms with Crippen molar-refractivity contribution in [3.05, 3.63) is 34.3 Å². The third kappa shape index (κ3) is 5.00.